The van der Waals surface area contributed by atoms with Crippen LogP contribution in [0.4, 0.5) is 0 Å². The zero-order chi connectivity index (χ0) is 10.8. The normalized spacial score (nSPS) is 26.0. The molecule has 1 aliphatic heterocycles. The van der Waals surface area contributed by atoms with Gasteiger partial charge in [0.25, 0.3) is 0 Å². The number of carbonyl (C=O) groups is 1. The minimum absolute atomic E-state index is 0.156. The Balaban J connectivity index is 2.30. The van der Waals surface area contributed by atoms with E-state index in [9.17, 15) is 4.79 Å². The number of amides is 1. The summed E-state index contributed by atoms with van der Waals surface area (Å²) in [4.78, 5) is 13.4. The second kappa shape index (κ2) is 4.03. The number of hydrogen-bond donors (Lipinski definition) is 1. The number of likely N-dealkylation sites (tertiary alicyclic amines) is 1. The van der Waals surface area contributed by atoms with Crippen molar-refractivity contribution in [2.75, 3.05) is 13.6 Å². The Morgan fingerprint density at radius 1 is 1.40 bits per heavy atom. The first kappa shape index (κ1) is 10.2. The van der Waals surface area contributed by atoms with Crippen LogP contribution < -0.4 is 5.73 Å². The minimum Gasteiger partial charge on any atom is -0.338 e. The Bertz CT molecular complexity index is 350. The number of hydrogen-bond acceptors (Lipinski definition) is 2. The van der Waals surface area contributed by atoms with Gasteiger partial charge in [0.05, 0.1) is 6.04 Å². The summed E-state index contributed by atoms with van der Waals surface area (Å²) in [6, 6.07) is 10.3. The Hall–Kier alpha value is -1.35. The summed E-state index contributed by atoms with van der Waals surface area (Å²) in [5.41, 5.74) is 6.89. The van der Waals surface area contributed by atoms with Crippen molar-refractivity contribution in [3.05, 3.63) is 35.9 Å². The van der Waals surface area contributed by atoms with Crippen molar-refractivity contribution in [1.29, 1.82) is 0 Å². The highest BCUT2D eigenvalue weighted by Gasteiger charge is 2.37. The van der Waals surface area contributed by atoms with Crippen LogP contribution >= 0.6 is 0 Å². The first-order valence-electron chi connectivity index (χ1n) is 5.24. The van der Waals surface area contributed by atoms with Gasteiger partial charge in [0.15, 0.2) is 0 Å². The van der Waals surface area contributed by atoms with E-state index < -0.39 is 0 Å². The molecule has 3 nitrogen and oxygen atoms in total. The molecule has 2 atom stereocenters. The van der Waals surface area contributed by atoms with Crippen molar-refractivity contribution in [2.45, 2.75) is 12.5 Å². The van der Waals surface area contributed by atoms with Crippen LogP contribution in [-0.2, 0) is 4.79 Å². The van der Waals surface area contributed by atoms with Crippen molar-refractivity contribution in [3.8, 4) is 0 Å². The maximum Gasteiger partial charge on any atom is 0.223 e. The second-order valence-electron chi connectivity index (χ2n) is 4.06. The van der Waals surface area contributed by atoms with Gasteiger partial charge < -0.3 is 10.6 Å². The third-order valence-electron chi connectivity index (χ3n) is 3.14. The SMILES string of the molecule is CN1C(=O)C[C@@H](CN)[C@@H]1c1ccccc1. The lowest BCUT2D eigenvalue weighted by atomic mass is 9.94. The Kier molecular flexibility index (Phi) is 2.73. The lowest BCUT2D eigenvalue weighted by Crippen LogP contribution is -2.26. The molecule has 1 saturated heterocycles. The van der Waals surface area contributed by atoms with E-state index in [1.54, 1.807) is 0 Å². The second-order valence-corrected chi connectivity index (χ2v) is 4.06. The number of benzene rings is 1. The predicted octanol–water partition coefficient (Wildman–Crippen LogP) is 1.16. The molecule has 0 unspecified atom stereocenters. The summed E-state index contributed by atoms with van der Waals surface area (Å²) in [5.74, 6) is 0.448. The Morgan fingerprint density at radius 3 is 2.67 bits per heavy atom. The van der Waals surface area contributed by atoms with E-state index in [1.165, 1.54) is 5.56 Å². The molecule has 3 heteroatoms. The van der Waals surface area contributed by atoms with E-state index in [1.807, 2.05) is 30.1 Å². The summed E-state index contributed by atoms with van der Waals surface area (Å²) in [6.07, 6.45) is 0.576. The molecule has 15 heavy (non-hydrogen) atoms. The maximum absolute atomic E-state index is 11.6. The van der Waals surface area contributed by atoms with Gasteiger partial charge in [0, 0.05) is 19.4 Å². The number of carbonyl (C=O) groups excluding carboxylic acids is 1. The molecule has 80 valence electrons. The molecule has 0 saturated carbocycles. The zero-order valence-corrected chi connectivity index (χ0v) is 8.89. The zero-order valence-electron chi connectivity index (χ0n) is 8.89. The highest BCUT2D eigenvalue weighted by Crippen LogP contribution is 2.35. The van der Waals surface area contributed by atoms with Crippen LogP contribution in [0, 0.1) is 5.92 Å². The maximum atomic E-state index is 11.6. The first-order chi connectivity index (χ1) is 7.24. The van der Waals surface area contributed by atoms with Crippen LogP contribution in [0.2, 0.25) is 0 Å². The van der Waals surface area contributed by atoms with Crippen LogP contribution in [0.1, 0.15) is 18.0 Å². The van der Waals surface area contributed by atoms with Gasteiger partial charge >= 0.3 is 0 Å². The van der Waals surface area contributed by atoms with Gasteiger partial charge in [-0.05, 0) is 12.1 Å². The van der Waals surface area contributed by atoms with E-state index in [2.05, 4.69) is 12.1 Å². The molecule has 2 rings (SSSR count). The molecule has 1 aromatic carbocycles. The summed E-state index contributed by atoms with van der Waals surface area (Å²) >= 11 is 0. The minimum atomic E-state index is 0.156. The standard InChI is InChI=1S/C12H16N2O/c1-14-11(15)7-10(8-13)12(14)9-5-3-2-4-6-9/h2-6,10,12H,7-8,13H2,1H3/t10-,12-/m0/s1. The summed E-state index contributed by atoms with van der Waals surface area (Å²) < 4.78 is 0. The van der Waals surface area contributed by atoms with E-state index >= 15 is 0 Å². The molecule has 1 heterocycles. The van der Waals surface area contributed by atoms with Crippen molar-refractivity contribution in [3.63, 3.8) is 0 Å². The van der Waals surface area contributed by atoms with Gasteiger partial charge in [-0.2, -0.15) is 0 Å². The van der Waals surface area contributed by atoms with Gasteiger partial charge in [0.2, 0.25) is 5.91 Å². The molecule has 1 amide bonds. The molecule has 0 aromatic heterocycles. The molecule has 0 bridgehead atoms. The van der Waals surface area contributed by atoms with Gasteiger partial charge in [-0.3, -0.25) is 4.79 Å². The third kappa shape index (κ3) is 1.75. The molecule has 0 radical (unpaired) electrons. The van der Waals surface area contributed by atoms with Gasteiger partial charge in [-0.15, -0.1) is 0 Å². The third-order valence-corrected chi connectivity index (χ3v) is 3.14. The molecule has 1 fully saturated rings. The lowest BCUT2D eigenvalue weighted by Gasteiger charge is -2.24. The van der Waals surface area contributed by atoms with Gasteiger partial charge in [0.1, 0.15) is 0 Å². The molecule has 0 aliphatic carbocycles. The van der Waals surface area contributed by atoms with Crippen molar-refractivity contribution < 1.29 is 4.79 Å². The van der Waals surface area contributed by atoms with Crippen LogP contribution in [0.3, 0.4) is 0 Å². The number of rotatable bonds is 2. The van der Waals surface area contributed by atoms with Gasteiger partial charge in [-0.1, -0.05) is 30.3 Å². The number of nitrogens with two attached hydrogens (primary N) is 1. The monoisotopic (exact) mass is 204 g/mol. The van der Waals surface area contributed by atoms with Gasteiger partial charge in [-0.25, -0.2) is 0 Å². The molecular formula is C12H16N2O. The van der Waals surface area contributed by atoms with E-state index in [-0.39, 0.29) is 17.9 Å². The Labute approximate surface area is 89.9 Å². The number of nitrogens with zero attached hydrogens (tertiary/aromatic N) is 1. The molecular weight excluding hydrogens is 188 g/mol. The smallest absolute Gasteiger partial charge is 0.223 e. The average molecular weight is 204 g/mol. The van der Waals surface area contributed by atoms with Crippen molar-refractivity contribution >= 4 is 5.91 Å². The lowest BCUT2D eigenvalue weighted by molar-refractivity contribution is -0.127. The topological polar surface area (TPSA) is 46.3 Å². The fourth-order valence-corrected chi connectivity index (χ4v) is 2.31. The average Bonchev–Trinajstić information content (AvgIpc) is 2.56. The molecule has 1 aliphatic rings. The van der Waals surface area contributed by atoms with Crippen molar-refractivity contribution in [2.24, 2.45) is 11.7 Å². The predicted molar refractivity (Wildman–Crippen MR) is 59.1 cm³/mol. The van der Waals surface area contributed by atoms with E-state index in [0.717, 1.165) is 0 Å². The summed E-state index contributed by atoms with van der Waals surface area (Å²) in [7, 11) is 1.86. The van der Waals surface area contributed by atoms with E-state index in [4.69, 9.17) is 5.73 Å². The molecule has 1 aromatic rings. The quantitative estimate of drug-likeness (QED) is 0.786. The summed E-state index contributed by atoms with van der Waals surface area (Å²) in [5, 5.41) is 0. The van der Waals surface area contributed by atoms with E-state index in [0.29, 0.717) is 13.0 Å². The fraction of sp³-hybridized carbons (Fsp3) is 0.417. The summed E-state index contributed by atoms with van der Waals surface area (Å²) in [6.45, 7) is 0.565. The van der Waals surface area contributed by atoms with Crippen LogP contribution in [0.25, 0.3) is 0 Å². The fourth-order valence-electron chi connectivity index (χ4n) is 2.31. The molecule has 0 spiro atoms. The van der Waals surface area contributed by atoms with Crippen LogP contribution in [0.15, 0.2) is 30.3 Å². The largest absolute Gasteiger partial charge is 0.338 e. The highest BCUT2D eigenvalue weighted by atomic mass is 16.2. The molecule has 2 N–H and O–H groups in total. The Morgan fingerprint density at radius 2 is 2.07 bits per heavy atom. The van der Waals surface area contributed by atoms with Crippen LogP contribution in [0.5, 0.6) is 0 Å². The first-order valence-corrected chi connectivity index (χ1v) is 5.24. The highest BCUT2D eigenvalue weighted by molar-refractivity contribution is 5.79. The van der Waals surface area contributed by atoms with Crippen molar-refractivity contribution in [1.82, 2.24) is 4.90 Å². The van der Waals surface area contributed by atoms with Crippen LogP contribution in [-0.4, -0.2) is 24.4 Å².